The molecule has 0 atom stereocenters. The molecule has 0 amide bonds. The number of hydrogen-bond donors (Lipinski definition) is 0. The van der Waals surface area contributed by atoms with Crippen LogP contribution >= 0.6 is 23.2 Å². The highest BCUT2D eigenvalue weighted by Gasteiger charge is 2.03. The van der Waals surface area contributed by atoms with Crippen molar-refractivity contribution in [3.63, 3.8) is 0 Å². The van der Waals surface area contributed by atoms with Crippen LogP contribution in [-0.2, 0) is 0 Å². The van der Waals surface area contributed by atoms with Gasteiger partial charge < -0.3 is 9.64 Å². The van der Waals surface area contributed by atoms with Gasteiger partial charge in [-0.25, -0.2) is 0 Å². The number of nitrogens with zero attached hydrogens (tertiary/aromatic N) is 1. The SMILES string of the molecule is CCCCN(C)CCOc1ccc(Cl)cc1Cl. The molecule has 4 heteroatoms. The van der Waals surface area contributed by atoms with Gasteiger partial charge in [-0.2, -0.15) is 0 Å². The first-order valence-electron chi connectivity index (χ1n) is 5.90. The predicted molar refractivity (Wildman–Crippen MR) is 74.4 cm³/mol. The minimum absolute atomic E-state index is 0.564. The van der Waals surface area contributed by atoms with Crippen molar-refractivity contribution in [2.45, 2.75) is 19.8 Å². The molecule has 0 radical (unpaired) electrons. The summed E-state index contributed by atoms with van der Waals surface area (Å²) in [5.74, 6) is 0.694. The molecule has 0 saturated carbocycles. The van der Waals surface area contributed by atoms with E-state index >= 15 is 0 Å². The molecular formula is C13H19Cl2NO. The van der Waals surface area contributed by atoms with Crippen LogP contribution in [0.25, 0.3) is 0 Å². The molecule has 1 rings (SSSR count). The second kappa shape index (κ2) is 7.80. The molecule has 0 aliphatic heterocycles. The molecule has 0 fully saturated rings. The quantitative estimate of drug-likeness (QED) is 0.743. The van der Waals surface area contributed by atoms with Gasteiger partial charge in [-0.05, 0) is 38.2 Å². The van der Waals surface area contributed by atoms with Crippen LogP contribution < -0.4 is 4.74 Å². The summed E-state index contributed by atoms with van der Waals surface area (Å²) in [4.78, 5) is 2.26. The van der Waals surface area contributed by atoms with Crippen LogP contribution in [-0.4, -0.2) is 31.6 Å². The molecule has 0 aromatic heterocycles. The molecule has 2 nitrogen and oxygen atoms in total. The normalized spacial score (nSPS) is 10.9. The lowest BCUT2D eigenvalue weighted by atomic mass is 10.3. The van der Waals surface area contributed by atoms with Gasteiger partial charge >= 0.3 is 0 Å². The van der Waals surface area contributed by atoms with Gasteiger partial charge in [-0.1, -0.05) is 36.5 Å². The number of likely N-dealkylation sites (N-methyl/N-ethyl adjacent to an activating group) is 1. The lowest BCUT2D eigenvalue weighted by molar-refractivity contribution is 0.235. The molecule has 0 unspecified atom stereocenters. The summed E-state index contributed by atoms with van der Waals surface area (Å²) in [5.41, 5.74) is 0. The molecular weight excluding hydrogens is 257 g/mol. The summed E-state index contributed by atoms with van der Waals surface area (Å²) in [6.45, 7) is 4.84. The number of benzene rings is 1. The molecule has 0 aliphatic carbocycles. The summed E-state index contributed by atoms with van der Waals surface area (Å²) in [5, 5.41) is 1.19. The van der Waals surface area contributed by atoms with E-state index in [1.54, 1.807) is 18.2 Å². The third kappa shape index (κ3) is 5.62. The first-order valence-corrected chi connectivity index (χ1v) is 6.65. The van der Waals surface area contributed by atoms with E-state index in [4.69, 9.17) is 27.9 Å². The van der Waals surface area contributed by atoms with Crippen LogP contribution in [0.1, 0.15) is 19.8 Å². The van der Waals surface area contributed by atoms with Crippen LogP contribution in [0.5, 0.6) is 5.75 Å². The highest BCUT2D eigenvalue weighted by Crippen LogP contribution is 2.27. The minimum Gasteiger partial charge on any atom is -0.491 e. The predicted octanol–water partition coefficient (Wildman–Crippen LogP) is 4.10. The maximum atomic E-state index is 6.01. The van der Waals surface area contributed by atoms with Crippen LogP contribution in [0.15, 0.2) is 18.2 Å². The molecule has 0 aliphatic rings. The molecule has 0 spiro atoms. The fourth-order valence-corrected chi connectivity index (χ4v) is 1.91. The zero-order valence-electron chi connectivity index (χ0n) is 10.4. The molecule has 1 aromatic rings. The Morgan fingerprint density at radius 1 is 1.24 bits per heavy atom. The van der Waals surface area contributed by atoms with Gasteiger partial charge in [0.25, 0.3) is 0 Å². The fourth-order valence-electron chi connectivity index (χ4n) is 1.44. The van der Waals surface area contributed by atoms with Gasteiger partial charge in [0.15, 0.2) is 0 Å². The number of rotatable bonds is 7. The molecule has 0 heterocycles. The van der Waals surface area contributed by atoms with Gasteiger partial charge in [0.1, 0.15) is 12.4 Å². The van der Waals surface area contributed by atoms with Crippen LogP contribution in [0.3, 0.4) is 0 Å². The van der Waals surface area contributed by atoms with Gasteiger partial charge in [0, 0.05) is 11.6 Å². The molecule has 0 saturated heterocycles. The lowest BCUT2D eigenvalue weighted by Crippen LogP contribution is -2.25. The van der Waals surface area contributed by atoms with E-state index in [1.165, 1.54) is 12.8 Å². The van der Waals surface area contributed by atoms with E-state index in [9.17, 15) is 0 Å². The average molecular weight is 276 g/mol. The fraction of sp³-hybridized carbons (Fsp3) is 0.538. The maximum absolute atomic E-state index is 6.01. The Balaban J connectivity index is 2.30. The van der Waals surface area contributed by atoms with E-state index in [2.05, 4.69) is 18.9 Å². The van der Waals surface area contributed by atoms with Crippen molar-refractivity contribution in [2.24, 2.45) is 0 Å². The number of hydrogen-bond acceptors (Lipinski definition) is 2. The Morgan fingerprint density at radius 2 is 2.00 bits per heavy atom. The average Bonchev–Trinajstić information content (AvgIpc) is 2.29. The van der Waals surface area contributed by atoms with Crippen LogP contribution in [0, 0.1) is 0 Å². The van der Waals surface area contributed by atoms with Crippen molar-refractivity contribution in [1.29, 1.82) is 0 Å². The molecule has 0 bridgehead atoms. The number of halogens is 2. The Bertz CT molecular complexity index is 344. The third-order valence-electron chi connectivity index (χ3n) is 2.52. The van der Waals surface area contributed by atoms with Crippen molar-refractivity contribution in [2.75, 3.05) is 26.7 Å². The Labute approximate surface area is 113 Å². The van der Waals surface area contributed by atoms with Crippen LogP contribution in [0.4, 0.5) is 0 Å². The second-order valence-corrected chi connectivity index (χ2v) is 4.92. The van der Waals surface area contributed by atoms with Crippen molar-refractivity contribution in [3.05, 3.63) is 28.2 Å². The van der Waals surface area contributed by atoms with E-state index in [-0.39, 0.29) is 0 Å². The lowest BCUT2D eigenvalue weighted by Gasteiger charge is -2.16. The third-order valence-corrected chi connectivity index (χ3v) is 3.05. The van der Waals surface area contributed by atoms with Gasteiger partial charge in [-0.15, -0.1) is 0 Å². The highest BCUT2D eigenvalue weighted by atomic mass is 35.5. The summed E-state index contributed by atoms with van der Waals surface area (Å²) >= 11 is 11.8. The first-order chi connectivity index (χ1) is 8.13. The Morgan fingerprint density at radius 3 is 2.65 bits per heavy atom. The Kier molecular flexibility index (Phi) is 6.71. The van der Waals surface area contributed by atoms with E-state index < -0.39 is 0 Å². The second-order valence-electron chi connectivity index (χ2n) is 4.08. The van der Waals surface area contributed by atoms with Gasteiger partial charge in [0.05, 0.1) is 5.02 Å². The summed E-state index contributed by atoms with van der Waals surface area (Å²) < 4.78 is 5.61. The topological polar surface area (TPSA) is 12.5 Å². The monoisotopic (exact) mass is 275 g/mol. The summed E-state index contributed by atoms with van der Waals surface area (Å²) in [6, 6.07) is 5.28. The van der Waals surface area contributed by atoms with E-state index in [0.29, 0.717) is 22.4 Å². The molecule has 96 valence electrons. The van der Waals surface area contributed by atoms with Crippen LogP contribution in [0.2, 0.25) is 10.0 Å². The zero-order valence-corrected chi connectivity index (χ0v) is 11.9. The van der Waals surface area contributed by atoms with Gasteiger partial charge in [0.2, 0.25) is 0 Å². The van der Waals surface area contributed by atoms with E-state index in [1.807, 2.05) is 0 Å². The van der Waals surface area contributed by atoms with Crippen molar-refractivity contribution >= 4 is 23.2 Å². The molecule has 1 aromatic carbocycles. The zero-order chi connectivity index (χ0) is 12.7. The smallest absolute Gasteiger partial charge is 0.138 e. The standard InChI is InChI=1S/C13H19Cl2NO/c1-3-4-7-16(2)8-9-17-13-6-5-11(14)10-12(13)15/h5-6,10H,3-4,7-9H2,1-2H3. The Hall–Kier alpha value is -0.440. The molecule has 0 N–H and O–H groups in total. The highest BCUT2D eigenvalue weighted by molar-refractivity contribution is 6.35. The first kappa shape index (κ1) is 14.6. The van der Waals surface area contributed by atoms with Crippen molar-refractivity contribution < 1.29 is 4.74 Å². The number of ether oxygens (including phenoxy) is 1. The largest absolute Gasteiger partial charge is 0.491 e. The summed E-state index contributed by atoms with van der Waals surface area (Å²) in [6.07, 6.45) is 2.44. The molecule has 17 heavy (non-hydrogen) atoms. The van der Waals surface area contributed by atoms with Crippen molar-refractivity contribution in [3.8, 4) is 5.75 Å². The number of unbranched alkanes of at least 4 members (excludes halogenated alkanes) is 1. The maximum Gasteiger partial charge on any atom is 0.138 e. The van der Waals surface area contributed by atoms with E-state index in [0.717, 1.165) is 13.1 Å². The minimum atomic E-state index is 0.564. The van der Waals surface area contributed by atoms with Crippen molar-refractivity contribution in [1.82, 2.24) is 4.90 Å². The van der Waals surface area contributed by atoms with Gasteiger partial charge in [-0.3, -0.25) is 0 Å². The summed E-state index contributed by atoms with van der Waals surface area (Å²) in [7, 11) is 2.10.